The molecule has 2 aromatic rings. The first kappa shape index (κ1) is 11.5. The van der Waals surface area contributed by atoms with E-state index in [1.54, 1.807) is 11.3 Å². The minimum Gasteiger partial charge on any atom is -0.397 e. The Balaban J connectivity index is 1.92. The summed E-state index contributed by atoms with van der Waals surface area (Å²) in [6.07, 6.45) is 1.02. The van der Waals surface area contributed by atoms with Gasteiger partial charge in [-0.25, -0.2) is 0 Å². The molecule has 0 saturated carbocycles. The molecule has 1 heterocycles. The third kappa shape index (κ3) is 3.00. The fourth-order valence-electron chi connectivity index (χ4n) is 1.46. The molecule has 0 spiro atoms. The Labute approximate surface area is 108 Å². The molecule has 0 amide bonds. The zero-order valence-corrected chi connectivity index (χ0v) is 11.1. The maximum atomic E-state index is 5.87. The summed E-state index contributed by atoms with van der Waals surface area (Å²) in [4.78, 5) is 0. The fraction of sp³-hybridized carbons (Fsp3) is 0.167. The van der Waals surface area contributed by atoms with Gasteiger partial charge in [-0.05, 0) is 47.0 Å². The number of thiophene rings is 1. The van der Waals surface area contributed by atoms with Gasteiger partial charge in [-0.15, -0.1) is 0 Å². The second-order valence-corrected chi connectivity index (χ2v) is 5.24. The van der Waals surface area contributed by atoms with Crippen LogP contribution in [0.1, 0.15) is 5.56 Å². The summed E-state index contributed by atoms with van der Waals surface area (Å²) >= 11 is 5.16. The number of halogens is 1. The van der Waals surface area contributed by atoms with Crippen LogP contribution in [0.15, 0.2) is 39.5 Å². The van der Waals surface area contributed by atoms with Crippen LogP contribution in [0.5, 0.6) is 0 Å². The maximum Gasteiger partial charge on any atom is 0.0585 e. The van der Waals surface area contributed by atoms with Crippen LogP contribution in [0, 0.1) is 0 Å². The van der Waals surface area contributed by atoms with Crippen LogP contribution in [0.4, 0.5) is 11.4 Å². The normalized spacial score (nSPS) is 10.3. The minimum absolute atomic E-state index is 0.786. The van der Waals surface area contributed by atoms with E-state index in [-0.39, 0.29) is 0 Å². The van der Waals surface area contributed by atoms with Gasteiger partial charge in [0.05, 0.1) is 11.4 Å². The van der Waals surface area contributed by atoms with E-state index in [1.165, 1.54) is 5.56 Å². The van der Waals surface area contributed by atoms with Crippen molar-refractivity contribution in [3.05, 3.63) is 45.1 Å². The average Bonchev–Trinajstić information content (AvgIpc) is 2.76. The van der Waals surface area contributed by atoms with Gasteiger partial charge in [0, 0.05) is 11.0 Å². The van der Waals surface area contributed by atoms with E-state index < -0.39 is 0 Å². The van der Waals surface area contributed by atoms with Crippen LogP contribution in [0.3, 0.4) is 0 Å². The predicted molar refractivity (Wildman–Crippen MR) is 75.1 cm³/mol. The van der Waals surface area contributed by atoms with E-state index in [0.717, 1.165) is 28.8 Å². The van der Waals surface area contributed by atoms with Crippen molar-refractivity contribution < 1.29 is 0 Å². The number of anilines is 2. The zero-order chi connectivity index (χ0) is 11.4. The fourth-order valence-corrected chi connectivity index (χ4v) is 2.52. The lowest BCUT2D eigenvalue weighted by Gasteiger charge is -2.09. The molecule has 0 fully saturated rings. The topological polar surface area (TPSA) is 38.0 Å². The quantitative estimate of drug-likeness (QED) is 0.844. The first-order valence-corrected chi connectivity index (χ1v) is 6.79. The molecule has 1 aromatic carbocycles. The van der Waals surface area contributed by atoms with Crippen LogP contribution in [-0.2, 0) is 6.42 Å². The smallest absolute Gasteiger partial charge is 0.0585 e. The van der Waals surface area contributed by atoms with Gasteiger partial charge in [0.1, 0.15) is 0 Å². The van der Waals surface area contributed by atoms with Crippen molar-refractivity contribution in [2.75, 3.05) is 17.6 Å². The van der Waals surface area contributed by atoms with E-state index in [1.807, 2.05) is 18.2 Å². The van der Waals surface area contributed by atoms with Crippen LogP contribution in [-0.4, -0.2) is 6.54 Å². The number of nitrogens with two attached hydrogens (primary N) is 1. The largest absolute Gasteiger partial charge is 0.397 e. The number of hydrogen-bond donors (Lipinski definition) is 2. The number of hydrogen-bond acceptors (Lipinski definition) is 3. The molecule has 3 N–H and O–H groups in total. The molecule has 0 atom stereocenters. The summed E-state index contributed by atoms with van der Waals surface area (Å²) in [7, 11) is 0. The molecule has 0 aliphatic heterocycles. The highest BCUT2D eigenvalue weighted by Gasteiger charge is 1.99. The Morgan fingerprint density at radius 1 is 1.31 bits per heavy atom. The second-order valence-electron chi connectivity index (χ2n) is 3.54. The standard InChI is InChI=1S/C12H13BrN2S/c13-10-1-2-11(14)12(7-10)15-5-3-9-4-6-16-8-9/h1-2,4,6-8,15H,3,5,14H2. The third-order valence-electron chi connectivity index (χ3n) is 2.32. The summed E-state index contributed by atoms with van der Waals surface area (Å²) in [5, 5.41) is 7.61. The van der Waals surface area contributed by atoms with Gasteiger partial charge < -0.3 is 11.1 Å². The van der Waals surface area contributed by atoms with Gasteiger partial charge in [-0.2, -0.15) is 11.3 Å². The Morgan fingerprint density at radius 2 is 2.19 bits per heavy atom. The molecule has 0 unspecified atom stereocenters. The Bertz CT molecular complexity index is 454. The molecule has 0 aliphatic carbocycles. The van der Waals surface area contributed by atoms with Crippen molar-refractivity contribution >= 4 is 38.6 Å². The summed E-state index contributed by atoms with van der Waals surface area (Å²) < 4.78 is 1.04. The summed E-state index contributed by atoms with van der Waals surface area (Å²) in [5.74, 6) is 0. The molecule has 0 bridgehead atoms. The van der Waals surface area contributed by atoms with E-state index in [9.17, 15) is 0 Å². The van der Waals surface area contributed by atoms with Crippen molar-refractivity contribution in [3.8, 4) is 0 Å². The number of nitrogens with one attached hydrogen (secondary N) is 1. The van der Waals surface area contributed by atoms with Crippen molar-refractivity contribution in [3.63, 3.8) is 0 Å². The van der Waals surface area contributed by atoms with Gasteiger partial charge in [0.2, 0.25) is 0 Å². The molecule has 4 heteroatoms. The summed E-state index contributed by atoms with van der Waals surface area (Å²) in [6.45, 7) is 0.900. The molecule has 1 aromatic heterocycles. The molecule has 2 nitrogen and oxygen atoms in total. The van der Waals surface area contributed by atoms with Crippen molar-refractivity contribution in [2.24, 2.45) is 0 Å². The molecule has 84 valence electrons. The zero-order valence-electron chi connectivity index (χ0n) is 8.74. The minimum atomic E-state index is 0.786. The van der Waals surface area contributed by atoms with Gasteiger partial charge in [-0.1, -0.05) is 15.9 Å². The predicted octanol–water partition coefficient (Wildman–Crippen LogP) is 3.75. The SMILES string of the molecule is Nc1ccc(Br)cc1NCCc1ccsc1. The average molecular weight is 297 g/mol. The van der Waals surface area contributed by atoms with Gasteiger partial charge in [-0.3, -0.25) is 0 Å². The summed E-state index contributed by atoms with van der Waals surface area (Å²) in [6, 6.07) is 8.00. The van der Waals surface area contributed by atoms with E-state index in [0.29, 0.717) is 0 Å². The molecular weight excluding hydrogens is 284 g/mol. The Morgan fingerprint density at radius 3 is 2.94 bits per heavy atom. The lowest BCUT2D eigenvalue weighted by Crippen LogP contribution is -2.06. The van der Waals surface area contributed by atoms with Crippen molar-refractivity contribution in [2.45, 2.75) is 6.42 Å². The van der Waals surface area contributed by atoms with Crippen LogP contribution < -0.4 is 11.1 Å². The molecular formula is C12H13BrN2S. The van der Waals surface area contributed by atoms with Crippen LogP contribution in [0.25, 0.3) is 0 Å². The first-order valence-electron chi connectivity index (χ1n) is 5.05. The number of nitrogen functional groups attached to an aromatic ring is 1. The van der Waals surface area contributed by atoms with Crippen molar-refractivity contribution in [1.29, 1.82) is 0 Å². The Kier molecular flexibility index (Phi) is 3.85. The van der Waals surface area contributed by atoms with Gasteiger partial charge in [0.15, 0.2) is 0 Å². The molecule has 0 saturated heterocycles. The molecule has 16 heavy (non-hydrogen) atoms. The highest BCUT2D eigenvalue weighted by atomic mass is 79.9. The second kappa shape index (κ2) is 5.37. The lowest BCUT2D eigenvalue weighted by atomic mass is 10.2. The number of rotatable bonds is 4. The highest BCUT2D eigenvalue weighted by Crippen LogP contribution is 2.23. The molecule has 2 rings (SSSR count). The lowest BCUT2D eigenvalue weighted by molar-refractivity contribution is 1.03. The van der Waals surface area contributed by atoms with E-state index in [4.69, 9.17) is 5.73 Å². The number of benzene rings is 1. The monoisotopic (exact) mass is 296 g/mol. The van der Waals surface area contributed by atoms with Crippen LogP contribution >= 0.6 is 27.3 Å². The van der Waals surface area contributed by atoms with Crippen molar-refractivity contribution in [1.82, 2.24) is 0 Å². The van der Waals surface area contributed by atoms with E-state index >= 15 is 0 Å². The van der Waals surface area contributed by atoms with Gasteiger partial charge in [0.25, 0.3) is 0 Å². The first-order chi connectivity index (χ1) is 7.75. The molecule has 0 aliphatic rings. The van der Waals surface area contributed by atoms with Gasteiger partial charge >= 0.3 is 0 Å². The van der Waals surface area contributed by atoms with Crippen LogP contribution in [0.2, 0.25) is 0 Å². The third-order valence-corrected chi connectivity index (χ3v) is 3.55. The molecule has 0 radical (unpaired) electrons. The maximum absolute atomic E-state index is 5.87. The highest BCUT2D eigenvalue weighted by molar-refractivity contribution is 9.10. The van der Waals surface area contributed by atoms with E-state index in [2.05, 4.69) is 38.1 Å². The summed E-state index contributed by atoms with van der Waals surface area (Å²) in [5.41, 5.74) is 9.01. The Hall–Kier alpha value is -1.00.